The molecule has 0 aromatic heterocycles. The molecule has 15 heavy (non-hydrogen) atoms. The minimum atomic E-state index is 0.0648. The van der Waals surface area contributed by atoms with E-state index in [0.717, 1.165) is 17.7 Å². The van der Waals surface area contributed by atoms with E-state index in [-0.39, 0.29) is 6.61 Å². The van der Waals surface area contributed by atoms with E-state index >= 15 is 0 Å². The van der Waals surface area contributed by atoms with Crippen molar-refractivity contribution in [3.8, 4) is 0 Å². The Morgan fingerprint density at radius 2 is 2.40 bits per heavy atom. The van der Waals surface area contributed by atoms with Gasteiger partial charge in [-0.1, -0.05) is 29.9 Å². The minimum absolute atomic E-state index is 0.0648. The normalized spacial score (nSPS) is 17.7. The fraction of sp³-hybridized carbons (Fsp3) is 0.308. The van der Waals surface area contributed by atoms with E-state index in [1.54, 1.807) is 6.08 Å². The van der Waals surface area contributed by atoms with Crippen molar-refractivity contribution in [3.05, 3.63) is 47.7 Å². The van der Waals surface area contributed by atoms with E-state index < -0.39 is 0 Å². The first-order valence-electron chi connectivity index (χ1n) is 5.12. The van der Waals surface area contributed by atoms with Gasteiger partial charge in [0.2, 0.25) is 0 Å². The summed E-state index contributed by atoms with van der Waals surface area (Å²) in [6, 6.07) is 0. The summed E-state index contributed by atoms with van der Waals surface area (Å²) in [5, 5.41) is 8.73. The summed E-state index contributed by atoms with van der Waals surface area (Å²) in [5.41, 5.74) is 3.34. The highest BCUT2D eigenvalue weighted by Crippen LogP contribution is 2.11. The van der Waals surface area contributed by atoms with E-state index in [9.17, 15) is 0 Å². The zero-order valence-corrected chi connectivity index (χ0v) is 9.27. The maximum atomic E-state index is 8.73. The molecule has 1 heterocycles. The Balaban J connectivity index is 2.84. The monoisotopic (exact) mass is 203 g/mol. The van der Waals surface area contributed by atoms with Crippen LogP contribution in [0.2, 0.25) is 0 Å². The second kappa shape index (κ2) is 6.14. The Hall–Kier alpha value is -1.41. The summed E-state index contributed by atoms with van der Waals surface area (Å²) in [4.78, 5) is 4.38. The highest BCUT2D eigenvalue weighted by Gasteiger charge is 2.02. The van der Waals surface area contributed by atoms with Crippen LogP contribution >= 0.6 is 0 Å². The first kappa shape index (κ1) is 11.7. The number of nitrogens with zero attached hydrogens (tertiary/aromatic N) is 1. The van der Waals surface area contributed by atoms with Crippen molar-refractivity contribution < 1.29 is 5.11 Å². The summed E-state index contributed by atoms with van der Waals surface area (Å²) in [6.45, 7) is 4.11. The molecule has 0 radical (unpaired) electrons. The lowest BCUT2D eigenvalue weighted by Crippen LogP contribution is -1.99. The maximum absolute atomic E-state index is 8.73. The topological polar surface area (TPSA) is 32.6 Å². The minimum Gasteiger partial charge on any atom is -0.392 e. The van der Waals surface area contributed by atoms with Crippen LogP contribution in [0.3, 0.4) is 0 Å². The molecule has 0 unspecified atom stereocenters. The third-order valence-corrected chi connectivity index (χ3v) is 2.23. The van der Waals surface area contributed by atoms with Crippen LogP contribution in [0.25, 0.3) is 0 Å². The number of aliphatic hydroxyl groups is 1. The van der Waals surface area contributed by atoms with Crippen molar-refractivity contribution in [1.29, 1.82) is 0 Å². The first-order valence-corrected chi connectivity index (χ1v) is 5.12. The second-order valence-electron chi connectivity index (χ2n) is 3.37. The van der Waals surface area contributed by atoms with Gasteiger partial charge in [0.05, 0.1) is 12.3 Å². The largest absolute Gasteiger partial charge is 0.392 e. The summed E-state index contributed by atoms with van der Waals surface area (Å²) in [7, 11) is 0. The van der Waals surface area contributed by atoms with E-state index in [2.05, 4.69) is 18.0 Å². The van der Waals surface area contributed by atoms with Gasteiger partial charge in [0.25, 0.3) is 0 Å². The molecule has 0 aromatic rings. The van der Waals surface area contributed by atoms with Crippen LogP contribution in [-0.2, 0) is 0 Å². The third kappa shape index (κ3) is 3.68. The van der Waals surface area contributed by atoms with Crippen LogP contribution in [0.4, 0.5) is 0 Å². The number of aliphatic hydroxyl groups excluding tert-OH is 1. The van der Waals surface area contributed by atoms with Crippen molar-refractivity contribution in [2.75, 3.05) is 6.61 Å². The standard InChI is InChI=1S/C13H17NO/c1-3-12(5-4-10-15)13-7-6-11(2)8-9-14-13/h3-6,8-9,15H,7,10H2,1-2H3/b5-4-,12-3+. The molecule has 1 aliphatic heterocycles. The Labute approximate surface area is 91.0 Å². The van der Waals surface area contributed by atoms with E-state index in [4.69, 9.17) is 5.11 Å². The molecule has 0 fully saturated rings. The Bertz CT molecular complexity index is 354. The third-order valence-electron chi connectivity index (χ3n) is 2.23. The average molecular weight is 203 g/mol. The maximum Gasteiger partial charge on any atom is 0.0615 e. The molecule has 0 spiro atoms. The lowest BCUT2D eigenvalue weighted by Gasteiger charge is -2.02. The van der Waals surface area contributed by atoms with Crippen LogP contribution in [-0.4, -0.2) is 17.4 Å². The molecule has 0 aliphatic carbocycles. The van der Waals surface area contributed by atoms with Crippen LogP contribution in [0.5, 0.6) is 0 Å². The van der Waals surface area contributed by atoms with Crippen LogP contribution in [0.1, 0.15) is 20.3 Å². The van der Waals surface area contributed by atoms with Crippen molar-refractivity contribution in [1.82, 2.24) is 0 Å². The molecule has 0 saturated heterocycles. The highest BCUT2D eigenvalue weighted by atomic mass is 16.2. The fourth-order valence-electron chi connectivity index (χ4n) is 1.35. The van der Waals surface area contributed by atoms with Crippen LogP contribution in [0.15, 0.2) is 52.7 Å². The molecule has 80 valence electrons. The predicted molar refractivity (Wildman–Crippen MR) is 64.9 cm³/mol. The van der Waals surface area contributed by atoms with Gasteiger partial charge in [-0.3, -0.25) is 4.99 Å². The smallest absolute Gasteiger partial charge is 0.0615 e. The number of rotatable bonds is 3. The van der Waals surface area contributed by atoms with Gasteiger partial charge in [-0.2, -0.15) is 0 Å². The van der Waals surface area contributed by atoms with Gasteiger partial charge in [-0.15, -0.1) is 0 Å². The SMILES string of the molecule is C/C=C(\C=C/CO)C1=NC=CC(C)=CC1. The molecule has 0 aromatic carbocycles. The van der Waals surface area contributed by atoms with E-state index in [0.29, 0.717) is 0 Å². The lowest BCUT2D eigenvalue weighted by molar-refractivity contribution is 0.342. The summed E-state index contributed by atoms with van der Waals surface area (Å²) < 4.78 is 0. The number of allylic oxidation sites excluding steroid dienone is 6. The summed E-state index contributed by atoms with van der Waals surface area (Å²) in [6.07, 6.45) is 12.4. The second-order valence-corrected chi connectivity index (χ2v) is 3.37. The molecule has 0 saturated carbocycles. The molecule has 2 nitrogen and oxygen atoms in total. The highest BCUT2D eigenvalue weighted by molar-refractivity contribution is 6.03. The quantitative estimate of drug-likeness (QED) is 0.703. The lowest BCUT2D eigenvalue weighted by atomic mass is 10.1. The molecular weight excluding hydrogens is 186 g/mol. The summed E-state index contributed by atoms with van der Waals surface area (Å²) >= 11 is 0. The van der Waals surface area contributed by atoms with Crippen LogP contribution < -0.4 is 0 Å². The van der Waals surface area contributed by atoms with Crippen molar-refractivity contribution in [2.45, 2.75) is 20.3 Å². The Morgan fingerprint density at radius 3 is 3.07 bits per heavy atom. The number of aliphatic imine (C=N–C) groups is 1. The molecular formula is C13H17NO. The van der Waals surface area contributed by atoms with Crippen molar-refractivity contribution in [3.63, 3.8) is 0 Å². The Morgan fingerprint density at radius 1 is 1.60 bits per heavy atom. The van der Waals surface area contributed by atoms with Gasteiger partial charge < -0.3 is 5.11 Å². The molecule has 1 N–H and O–H groups in total. The fourth-order valence-corrected chi connectivity index (χ4v) is 1.35. The molecule has 1 aliphatic rings. The molecule has 1 rings (SSSR count). The predicted octanol–water partition coefficient (Wildman–Crippen LogP) is 2.79. The molecule has 0 bridgehead atoms. The molecule has 0 amide bonds. The molecule has 2 heteroatoms. The van der Waals surface area contributed by atoms with Gasteiger partial charge in [-0.05, 0) is 25.5 Å². The van der Waals surface area contributed by atoms with Gasteiger partial charge in [0.1, 0.15) is 0 Å². The van der Waals surface area contributed by atoms with Gasteiger partial charge >= 0.3 is 0 Å². The zero-order chi connectivity index (χ0) is 11.1. The first-order chi connectivity index (χ1) is 7.27. The molecule has 0 atom stereocenters. The summed E-state index contributed by atoms with van der Waals surface area (Å²) in [5.74, 6) is 0. The van der Waals surface area contributed by atoms with Crippen molar-refractivity contribution in [2.24, 2.45) is 4.99 Å². The van der Waals surface area contributed by atoms with Gasteiger partial charge in [-0.25, -0.2) is 0 Å². The van der Waals surface area contributed by atoms with Crippen molar-refractivity contribution >= 4 is 5.71 Å². The van der Waals surface area contributed by atoms with E-state index in [1.807, 2.05) is 31.4 Å². The van der Waals surface area contributed by atoms with Gasteiger partial charge in [0.15, 0.2) is 0 Å². The van der Waals surface area contributed by atoms with E-state index in [1.165, 1.54) is 5.57 Å². The van der Waals surface area contributed by atoms with Gasteiger partial charge in [0, 0.05) is 12.6 Å². The zero-order valence-electron chi connectivity index (χ0n) is 9.27. The van der Waals surface area contributed by atoms with Crippen LogP contribution in [0, 0.1) is 0 Å². The average Bonchev–Trinajstić information content (AvgIpc) is 2.45. The Kier molecular flexibility index (Phi) is 4.78. The number of hydrogen-bond acceptors (Lipinski definition) is 2. The number of hydrogen-bond donors (Lipinski definition) is 1.